The highest BCUT2D eigenvalue weighted by atomic mass is 16.3. The van der Waals surface area contributed by atoms with Crippen molar-refractivity contribution in [3.63, 3.8) is 0 Å². The van der Waals surface area contributed by atoms with Crippen molar-refractivity contribution in [2.24, 2.45) is 5.73 Å². The van der Waals surface area contributed by atoms with Crippen LogP contribution in [0.3, 0.4) is 0 Å². The molecule has 1 aromatic heterocycles. The second-order valence-electron chi connectivity index (χ2n) is 3.23. The van der Waals surface area contributed by atoms with Crippen molar-refractivity contribution in [2.45, 2.75) is 19.4 Å². The van der Waals surface area contributed by atoms with E-state index in [0.29, 0.717) is 6.54 Å². The van der Waals surface area contributed by atoms with Gasteiger partial charge in [0.15, 0.2) is 0 Å². The monoisotopic (exact) mass is 180 g/mol. The fourth-order valence-corrected chi connectivity index (χ4v) is 1.63. The zero-order valence-corrected chi connectivity index (χ0v) is 7.32. The van der Waals surface area contributed by atoms with Gasteiger partial charge in [-0.2, -0.15) is 0 Å². The van der Waals surface area contributed by atoms with E-state index >= 15 is 0 Å². The number of nitrogens with zero attached hydrogens (tertiary/aromatic N) is 1. The summed E-state index contributed by atoms with van der Waals surface area (Å²) in [5.41, 5.74) is 6.30. The van der Waals surface area contributed by atoms with Crippen LogP contribution in [0.5, 0.6) is 0 Å². The minimum absolute atomic E-state index is 0.353. The molecule has 1 aliphatic rings. The third-order valence-electron chi connectivity index (χ3n) is 2.34. The smallest absolute Gasteiger partial charge is 0.315 e. The van der Waals surface area contributed by atoms with E-state index in [1.54, 1.807) is 11.2 Å². The molecule has 0 aliphatic carbocycles. The molecule has 2 rings (SSSR count). The van der Waals surface area contributed by atoms with E-state index in [1.165, 1.54) is 0 Å². The maximum absolute atomic E-state index is 11.0. The van der Waals surface area contributed by atoms with Gasteiger partial charge in [0.05, 0.1) is 12.8 Å². The van der Waals surface area contributed by atoms with Crippen molar-refractivity contribution in [2.75, 3.05) is 6.54 Å². The Morgan fingerprint density at radius 2 is 2.46 bits per heavy atom. The number of primary amides is 1. The van der Waals surface area contributed by atoms with Crippen LogP contribution in [0.25, 0.3) is 0 Å². The molecule has 0 fully saturated rings. The van der Waals surface area contributed by atoms with Crippen molar-refractivity contribution >= 4 is 6.03 Å². The molecule has 4 nitrogen and oxygen atoms in total. The van der Waals surface area contributed by atoms with Crippen molar-refractivity contribution in [3.8, 4) is 0 Å². The van der Waals surface area contributed by atoms with E-state index in [4.69, 9.17) is 10.2 Å². The number of amides is 2. The number of fused-ring (bicyclic) bond motifs is 1. The standard InChI is InChI=1S/C9H12N2O2/c10-9(12)11-4-1-2-8-7(6-11)3-5-13-8/h3,5H,1-2,4,6H2,(H2,10,12). The van der Waals surface area contributed by atoms with Gasteiger partial charge in [-0.1, -0.05) is 0 Å². The first-order valence-electron chi connectivity index (χ1n) is 4.37. The molecule has 0 aromatic carbocycles. The van der Waals surface area contributed by atoms with E-state index in [-0.39, 0.29) is 6.03 Å². The highest BCUT2D eigenvalue weighted by Crippen LogP contribution is 2.18. The summed E-state index contributed by atoms with van der Waals surface area (Å²) in [5, 5.41) is 0. The summed E-state index contributed by atoms with van der Waals surface area (Å²) in [6, 6.07) is 1.55. The van der Waals surface area contributed by atoms with Crippen molar-refractivity contribution in [1.82, 2.24) is 4.90 Å². The Kier molecular flexibility index (Phi) is 1.96. The minimum Gasteiger partial charge on any atom is -0.469 e. The molecule has 1 aromatic rings. The molecule has 1 aliphatic heterocycles. The normalized spacial score (nSPS) is 16.5. The Morgan fingerprint density at radius 3 is 3.23 bits per heavy atom. The molecule has 0 saturated carbocycles. The van der Waals surface area contributed by atoms with Crippen molar-refractivity contribution in [3.05, 3.63) is 23.7 Å². The van der Waals surface area contributed by atoms with E-state index in [9.17, 15) is 4.79 Å². The summed E-state index contributed by atoms with van der Waals surface area (Å²) in [6.45, 7) is 1.31. The first-order valence-corrected chi connectivity index (χ1v) is 4.37. The summed E-state index contributed by atoms with van der Waals surface area (Å²) in [6.07, 6.45) is 3.48. The second-order valence-corrected chi connectivity index (χ2v) is 3.23. The lowest BCUT2D eigenvalue weighted by atomic mass is 10.2. The lowest BCUT2D eigenvalue weighted by Gasteiger charge is -2.16. The first-order chi connectivity index (χ1) is 6.27. The lowest BCUT2D eigenvalue weighted by Crippen LogP contribution is -2.35. The Balaban J connectivity index is 2.21. The molecule has 0 atom stereocenters. The third kappa shape index (κ3) is 1.52. The number of aryl methyl sites for hydroxylation is 1. The molecular formula is C9H12N2O2. The van der Waals surface area contributed by atoms with Gasteiger partial charge < -0.3 is 15.1 Å². The van der Waals surface area contributed by atoms with E-state index < -0.39 is 0 Å². The van der Waals surface area contributed by atoms with Crippen molar-refractivity contribution in [1.29, 1.82) is 0 Å². The first kappa shape index (κ1) is 8.16. The van der Waals surface area contributed by atoms with Gasteiger partial charge in [0.2, 0.25) is 0 Å². The number of hydrogen-bond acceptors (Lipinski definition) is 2. The van der Waals surface area contributed by atoms with Gasteiger partial charge >= 0.3 is 6.03 Å². The average Bonchev–Trinajstić information content (AvgIpc) is 2.42. The van der Waals surface area contributed by atoms with Crippen LogP contribution in [0.1, 0.15) is 17.7 Å². The van der Waals surface area contributed by atoms with Gasteiger partial charge in [-0.05, 0) is 12.5 Å². The number of carbonyl (C=O) groups excluding carboxylic acids is 1. The third-order valence-corrected chi connectivity index (χ3v) is 2.34. The summed E-state index contributed by atoms with van der Waals surface area (Å²) < 4.78 is 5.29. The van der Waals surface area contributed by atoms with E-state index in [0.717, 1.165) is 30.7 Å². The zero-order chi connectivity index (χ0) is 9.26. The zero-order valence-electron chi connectivity index (χ0n) is 7.32. The van der Waals surface area contributed by atoms with Crippen LogP contribution >= 0.6 is 0 Å². The number of urea groups is 1. The summed E-state index contributed by atoms with van der Waals surface area (Å²) in [5.74, 6) is 0.990. The van der Waals surface area contributed by atoms with Crippen LogP contribution in [0.4, 0.5) is 4.79 Å². The Hall–Kier alpha value is -1.45. The molecule has 0 unspecified atom stereocenters. The molecular weight excluding hydrogens is 168 g/mol. The van der Waals surface area contributed by atoms with Crippen LogP contribution < -0.4 is 5.73 Å². The fraction of sp³-hybridized carbons (Fsp3) is 0.444. The average molecular weight is 180 g/mol. The minimum atomic E-state index is -0.353. The van der Waals surface area contributed by atoms with Crippen LogP contribution in [0.2, 0.25) is 0 Å². The van der Waals surface area contributed by atoms with E-state index in [1.807, 2.05) is 6.07 Å². The molecule has 70 valence electrons. The van der Waals surface area contributed by atoms with Gasteiger partial charge in [0.25, 0.3) is 0 Å². The van der Waals surface area contributed by atoms with E-state index in [2.05, 4.69) is 0 Å². The van der Waals surface area contributed by atoms with Gasteiger partial charge in [-0.25, -0.2) is 4.79 Å². The predicted octanol–water partition coefficient (Wildman–Crippen LogP) is 1.11. The highest BCUT2D eigenvalue weighted by molar-refractivity contribution is 5.72. The van der Waals surface area contributed by atoms with Crippen LogP contribution in [-0.2, 0) is 13.0 Å². The molecule has 0 saturated heterocycles. The summed E-state index contributed by atoms with van der Waals surface area (Å²) >= 11 is 0. The number of carbonyl (C=O) groups is 1. The predicted molar refractivity (Wildman–Crippen MR) is 47.0 cm³/mol. The van der Waals surface area contributed by atoms with Gasteiger partial charge in [-0.15, -0.1) is 0 Å². The molecule has 2 heterocycles. The maximum Gasteiger partial charge on any atom is 0.315 e. The molecule has 13 heavy (non-hydrogen) atoms. The molecule has 0 bridgehead atoms. The van der Waals surface area contributed by atoms with Gasteiger partial charge in [-0.3, -0.25) is 0 Å². The largest absolute Gasteiger partial charge is 0.469 e. The second kappa shape index (κ2) is 3.12. The quantitative estimate of drug-likeness (QED) is 0.650. The highest BCUT2D eigenvalue weighted by Gasteiger charge is 2.18. The number of nitrogens with two attached hydrogens (primary N) is 1. The molecule has 4 heteroatoms. The summed E-state index contributed by atoms with van der Waals surface area (Å²) in [7, 11) is 0. The van der Waals surface area contributed by atoms with Gasteiger partial charge in [0.1, 0.15) is 5.76 Å². The Labute approximate surface area is 76.3 Å². The number of furan rings is 1. The molecule has 2 N–H and O–H groups in total. The lowest BCUT2D eigenvalue weighted by molar-refractivity contribution is 0.206. The number of hydrogen-bond donors (Lipinski definition) is 1. The topological polar surface area (TPSA) is 59.5 Å². The summed E-state index contributed by atoms with van der Waals surface area (Å²) in [4.78, 5) is 12.6. The molecule has 0 radical (unpaired) electrons. The van der Waals surface area contributed by atoms with Crippen LogP contribution in [-0.4, -0.2) is 17.5 Å². The fourth-order valence-electron chi connectivity index (χ4n) is 1.63. The maximum atomic E-state index is 11.0. The number of rotatable bonds is 0. The van der Waals surface area contributed by atoms with Crippen LogP contribution in [0.15, 0.2) is 16.7 Å². The molecule has 0 spiro atoms. The molecule has 2 amide bonds. The van der Waals surface area contributed by atoms with Gasteiger partial charge in [0, 0.05) is 18.5 Å². The Bertz CT molecular complexity index is 319. The van der Waals surface area contributed by atoms with Crippen molar-refractivity contribution < 1.29 is 9.21 Å². The SMILES string of the molecule is NC(=O)N1CCCc2occc2C1. The van der Waals surface area contributed by atoms with Crippen LogP contribution in [0, 0.1) is 0 Å². The Morgan fingerprint density at radius 1 is 1.62 bits per heavy atom.